The lowest BCUT2D eigenvalue weighted by Crippen LogP contribution is -2.55. The fourth-order valence-corrected chi connectivity index (χ4v) is 6.06. The number of amides is 4. The molecule has 14 nitrogen and oxygen atoms in total. The Kier molecular flexibility index (Phi) is 11.6. The number of likely N-dealkylation sites (tertiary alicyclic amines) is 1. The van der Waals surface area contributed by atoms with E-state index in [1.165, 1.54) is 31.4 Å². The van der Waals surface area contributed by atoms with Gasteiger partial charge in [-0.2, -0.15) is 5.26 Å². The smallest absolute Gasteiger partial charge is 0.338 e. The monoisotopic (exact) mass is 646 g/mol. The second kappa shape index (κ2) is 15.8. The molecule has 2 heterocycles. The number of non-ortho nitro benzene ring substituents is 1. The Morgan fingerprint density at radius 2 is 1.81 bits per heavy atom. The fraction of sp³-hybridized carbons (Fsp3) is 0.424. The summed E-state index contributed by atoms with van der Waals surface area (Å²) in [5, 5.41) is 25.5. The first-order valence-corrected chi connectivity index (χ1v) is 15.4. The van der Waals surface area contributed by atoms with E-state index < -0.39 is 34.4 Å². The Hall–Kier alpha value is -5.29. The Balaban J connectivity index is 1.45. The van der Waals surface area contributed by atoms with Crippen LogP contribution in [0.3, 0.4) is 0 Å². The van der Waals surface area contributed by atoms with Crippen LogP contribution in [0.1, 0.15) is 56.2 Å². The molecule has 1 fully saturated rings. The third-order valence-electron chi connectivity index (χ3n) is 8.53. The first-order valence-electron chi connectivity index (χ1n) is 15.4. The Morgan fingerprint density at radius 3 is 2.40 bits per heavy atom. The zero-order chi connectivity index (χ0) is 34.0. The molecule has 1 saturated heterocycles. The third-order valence-corrected chi connectivity index (χ3v) is 8.53. The zero-order valence-electron chi connectivity index (χ0n) is 26.4. The van der Waals surface area contributed by atoms with Gasteiger partial charge in [0.2, 0.25) is 0 Å². The minimum absolute atomic E-state index is 0.00475. The van der Waals surface area contributed by atoms with Crippen LogP contribution in [0, 0.1) is 21.4 Å². The van der Waals surface area contributed by atoms with Gasteiger partial charge in [0.15, 0.2) is 0 Å². The molecule has 2 aromatic carbocycles. The second-order valence-electron chi connectivity index (χ2n) is 11.2. The number of nitrogens with zero attached hydrogens (tertiary/aromatic N) is 4. The number of piperidine rings is 1. The number of esters is 2. The molecule has 2 aliphatic heterocycles. The van der Waals surface area contributed by atoms with Gasteiger partial charge in [0, 0.05) is 24.4 Å². The number of carbonyl (C=O) groups is 4. The van der Waals surface area contributed by atoms with Crippen LogP contribution < -0.4 is 10.6 Å². The van der Waals surface area contributed by atoms with Crippen molar-refractivity contribution in [3.8, 4) is 6.07 Å². The van der Waals surface area contributed by atoms with Gasteiger partial charge in [-0.25, -0.2) is 19.3 Å². The molecular formula is C33H38N6O8. The molecule has 14 heteroatoms. The summed E-state index contributed by atoms with van der Waals surface area (Å²) >= 11 is 0. The highest BCUT2D eigenvalue weighted by atomic mass is 16.6. The quantitative estimate of drug-likeness (QED) is 0.147. The third kappa shape index (κ3) is 7.75. The molecule has 248 valence electrons. The molecule has 4 amide bonds. The highest BCUT2D eigenvalue weighted by Crippen LogP contribution is 2.38. The largest absolute Gasteiger partial charge is 0.468 e. The van der Waals surface area contributed by atoms with Crippen molar-refractivity contribution in [1.82, 2.24) is 20.4 Å². The summed E-state index contributed by atoms with van der Waals surface area (Å²) in [6.07, 6.45) is 1.89. The van der Waals surface area contributed by atoms with Crippen LogP contribution in [0.25, 0.3) is 0 Å². The molecule has 0 saturated carbocycles. The number of nitriles is 1. The summed E-state index contributed by atoms with van der Waals surface area (Å²) in [7, 11) is 1.40. The van der Waals surface area contributed by atoms with E-state index in [1.54, 1.807) is 6.92 Å². The number of imide groups is 1. The topological polar surface area (TPSA) is 184 Å². The van der Waals surface area contributed by atoms with Crippen molar-refractivity contribution in [3.05, 3.63) is 87.1 Å². The highest BCUT2D eigenvalue weighted by Gasteiger charge is 2.44. The maximum atomic E-state index is 13.6. The molecule has 47 heavy (non-hydrogen) atoms. The summed E-state index contributed by atoms with van der Waals surface area (Å²) in [5.74, 6) is -1.08. The van der Waals surface area contributed by atoms with E-state index in [0.717, 1.165) is 10.5 Å². The van der Waals surface area contributed by atoms with Crippen LogP contribution in [-0.4, -0.2) is 78.6 Å². The lowest BCUT2D eigenvalue weighted by atomic mass is 9.72. The van der Waals surface area contributed by atoms with E-state index >= 15 is 0 Å². The molecule has 0 unspecified atom stereocenters. The van der Waals surface area contributed by atoms with Crippen molar-refractivity contribution in [3.63, 3.8) is 0 Å². The first-order chi connectivity index (χ1) is 22.7. The van der Waals surface area contributed by atoms with Crippen LogP contribution >= 0.6 is 0 Å². The van der Waals surface area contributed by atoms with Gasteiger partial charge < -0.3 is 25.0 Å². The minimum atomic E-state index is -1.24. The molecule has 2 aliphatic rings. The Bertz CT molecular complexity index is 1540. The SMILES string of the molecule is CCC1=C(C(=O)OCCC#N)[C@H](c2ccc([N+](=O)[O-])cc2)N(C(=O)NCCCN2CCC(C(=O)OC)(c3ccccc3)CC2)C(=O)N1. The van der Waals surface area contributed by atoms with Crippen molar-refractivity contribution in [2.75, 3.05) is 39.9 Å². The van der Waals surface area contributed by atoms with Crippen LogP contribution in [-0.2, 0) is 24.5 Å². The minimum Gasteiger partial charge on any atom is -0.468 e. The van der Waals surface area contributed by atoms with Crippen LogP contribution in [0.4, 0.5) is 15.3 Å². The highest BCUT2D eigenvalue weighted by molar-refractivity contribution is 6.01. The van der Waals surface area contributed by atoms with Crippen molar-refractivity contribution in [2.24, 2.45) is 0 Å². The van der Waals surface area contributed by atoms with Crippen LogP contribution in [0.5, 0.6) is 0 Å². The molecule has 0 aliphatic carbocycles. The van der Waals surface area contributed by atoms with Gasteiger partial charge >= 0.3 is 24.0 Å². The molecule has 0 spiro atoms. The molecule has 2 aromatic rings. The van der Waals surface area contributed by atoms with Gasteiger partial charge in [-0.1, -0.05) is 37.3 Å². The average molecular weight is 647 g/mol. The molecule has 0 radical (unpaired) electrons. The molecular weight excluding hydrogens is 608 g/mol. The number of hydrogen-bond acceptors (Lipinski definition) is 10. The predicted molar refractivity (Wildman–Crippen MR) is 169 cm³/mol. The number of allylic oxidation sites excluding steroid dienone is 1. The van der Waals surface area contributed by atoms with Gasteiger partial charge in [-0.15, -0.1) is 0 Å². The van der Waals surface area contributed by atoms with E-state index in [1.807, 2.05) is 36.4 Å². The van der Waals surface area contributed by atoms with E-state index in [2.05, 4.69) is 15.5 Å². The first kappa shape index (κ1) is 34.6. The zero-order valence-corrected chi connectivity index (χ0v) is 26.4. The van der Waals surface area contributed by atoms with E-state index in [0.29, 0.717) is 44.5 Å². The predicted octanol–water partition coefficient (Wildman–Crippen LogP) is 4.09. The second-order valence-corrected chi connectivity index (χ2v) is 11.2. The Labute approximate surface area is 272 Å². The molecule has 1 atom stereocenters. The summed E-state index contributed by atoms with van der Waals surface area (Å²) in [6.45, 7) is 3.66. The molecule has 4 rings (SSSR count). The number of nitro benzene ring substituents is 1. The lowest BCUT2D eigenvalue weighted by molar-refractivity contribution is -0.384. The molecule has 0 bridgehead atoms. The van der Waals surface area contributed by atoms with Crippen molar-refractivity contribution < 1.29 is 33.6 Å². The number of urea groups is 2. The maximum Gasteiger partial charge on any atom is 0.338 e. The lowest BCUT2D eigenvalue weighted by Gasteiger charge is -2.40. The number of nitrogens with one attached hydrogen (secondary N) is 2. The summed E-state index contributed by atoms with van der Waals surface area (Å²) in [6, 6.07) is 14.0. The number of carbonyl (C=O) groups excluding carboxylic acids is 4. The van der Waals surface area contributed by atoms with Gasteiger partial charge in [0.25, 0.3) is 5.69 Å². The van der Waals surface area contributed by atoms with Gasteiger partial charge in [-0.05, 0) is 68.6 Å². The average Bonchev–Trinajstić information content (AvgIpc) is 3.09. The molecule has 0 aromatic heterocycles. The standard InChI is InChI=1S/C33H38N6O8/c1-3-26-27(29(40)47-22-7-17-34)28(23-11-13-25(14-12-23)39(44)45)38(32(43)36-26)31(42)35-18-8-19-37-20-15-33(16-21-37,30(41)46-2)24-9-5-4-6-10-24/h4-6,9-14,28H,3,7-8,15-16,18-22H2,1-2H3,(H,35,42)(H,36,43)/t28-/m0/s1. The maximum absolute atomic E-state index is 13.6. The van der Waals surface area contributed by atoms with Gasteiger partial charge in [0.1, 0.15) is 12.6 Å². The number of nitro groups is 1. The molecule has 2 N–H and O–H groups in total. The van der Waals surface area contributed by atoms with Crippen molar-refractivity contribution in [2.45, 2.75) is 50.5 Å². The Morgan fingerprint density at radius 1 is 1.13 bits per heavy atom. The van der Waals surface area contributed by atoms with Crippen molar-refractivity contribution >= 4 is 29.7 Å². The normalized spacial score (nSPS) is 17.7. The number of methoxy groups -OCH3 is 1. The van der Waals surface area contributed by atoms with E-state index in [9.17, 15) is 29.3 Å². The van der Waals surface area contributed by atoms with Gasteiger partial charge in [-0.3, -0.25) is 14.9 Å². The summed E-state index contributed by atoms with van der Waals surface area (Å²) in [5.41, 5.74) is 0.540. The fourth-order valence-electron chi connectivity index (χ4n) is 6.06. The van der Waals surface area contributed by atoms with E-state index in [4.69, 9.17) is 14.7 Å². The van der Waals surface area contributed by atoms with Crippen molar-refractivity contribution in [1.29, 1.82) is 5.26 Å². The summed E-state index contributed by atoms with van der Waals surface area (Å²) in [4.78, 5) is 66.7. The summed E-state index contributed by atoms with van der Waals surface area (Å²) < 4.78 is 10.5. The number of ether oxygens (including phenoxy) is 2. The van der Waals surface area contributed by atoms with E-state index in [-0.39, 0.29) is 48.9 Å². The van der Waals surface area contributed by atoms with Gasteiger partial charge in [0.05, 0.1) is 35.5 Å². The van der Waals surface area contributed by atoms with Crippen LogP contribution in [0.15, 0.2) is 65.9 Å². The number of hydrogen-bond donors (Lipinski definition) is 2. The number of benzene rings is 2. The van der Waals surface area contributed by atoms with Crippen LogP contribution in [0.2, 0.25) is 0 Å². The number of rotatable bonds is 12.